The zero-order chi connectivity index (χ0) is 16.2. The highest BCUT2D eigenvalue weighted by Gasteiger charge is 2.25. The predicted molar refractivity (Wildman–Crippen MR) is 90.0 cm³/mol. The summed E-state index contributed by atoms with van der Waals surface area (Å²) in [6.45, 7) is 0.897. The van der Waals surface area contributed by atoms with Crippen molar-refractivity contribution in [3.05, 3.63) is 59.2 Å². The lowest BCUT2D eigenvalue weighted by atomic mass is 9.89. The quantitative estimate of drug-likeness (QED) is 0.891. The number of ether oxygens (including phenoxy) is 2. The van der Waals surface area contributed by atoms with Crippen LogP contribution in [-0.4, -0.2) is 25.9 Å². The lowest BCUT2D eigenvalue weighted by molar-refractivity contribution is 0.150. The molecule has 0 spiro atoms. The lowest BCUT2D eigenvalue weighted by Crippen LogP contribution is -2.31. The molecular formula is C19H23NO3. The summed E-state index contributed by atoms with van der Waals surface area (Å²) in [6, 6.07) is 14.0. The van der Waals surface area contributed by atoms with E-state index in [1.807, 2.05) is 36.4 Å². The minimum atomic E-state index is -0.493. The molecule has 0 fully saturated rings. The molecule has 2 aromatic carbocycles. The SMILES string of the molecule is COc1cc2c(cc1OC)[C@H](C[C@H](O)c1ccccc1)NCC2. The molecule has 1 aliphatic rings. The maximum Gasteiger partial charge on any atom is 0.161 e. The van der Waals surface area contributed by atoms with Crippen molar-refractivity contribution in [1.29, 1.82) is 0 Å². The number of aliphatic hydroxyl groups is 1. The smallest absolute Gasteiger partial charge is 0.161 e. The van der Waals surface area contributed by atoms with Crippen LogP contribution in [0.15, 0.2) is 42.5 Å². The summed E-state index contributed by atoms with van der Waals surface area (Å²) >= 11 is 0. The molecule has 0 radical (unpaired) electrons. The number of hydrogen-bond donors (Lipinski definition) is 2. The van der Waals surface area contributed by atoms with Crippen molar-refractivity contribution in [3.8, 4) is 11.5 Å². The zero-order valence-electron chi connectivity index (χ0n) is 13.6. The van der Waals surface area contributed by atoms with Crippen LogP contribution in [0.5, 0.6) is 11.5 Å². The Balaban J connectivity index is 1.86. The number of rotatable bonds is 5. The molecule has 122 valence electrons. The summed E-state index contributed by atoms with van der Waals surface area (Å²) in [4.78, 5) is 0. The molecule has 1 heterocycles. The highest BCUT2D eigenvalue weighted by Crippen LogP contribution is 2.37. The number of methoxy groups -OCH3 is 2. The van der Waals surface area contributed by atoms with Gasteiger partial charge in [0, 0.05) is 6.04 Å². The fraction of sp³-hybridized carbons (Fsp3) is 0.368. The second kappa shape index (κ2) is 7.02. The molecule has 2 aromatic rings. The minimum Gasteiger partial charge on any atom is -0.493 e. The molecule has 0 aromatic heterocycles. The summed E-state index contributed by atoms with van der Waals surface area (Å²) < 4.78 is 10.8. The Morgan fingerprint density at radius 2 is 1.83 bits per heavy atom. The maximum atomic E-state index is 10.5. The molecule has 0 bridgehead atoms. The standard InChI is InChI=1S/C19H23NO3/c1-22-18-10-14-8-9-20-16(15(14)11-19(18)23-2)12-17(21)13-6-4-3-5-7-13/h3-7,10-11,16-17,20-21H,8-9,12H2,1-2H3/t16-,17-/m0/s1. The molecule has 2 atom stereocenters. The molecule has 3 rings (SSSR count). The van der Waals surface area contributed by atoms with Crippen LogP contribution in [0.3, 0.4) is 0 Å². The summed E-state index contributed by atoms with van der Waals surface area (Å²) in [6.07, 6.45) is 1.09. The minimum absolute atomic E-state index is 0.105. The molecule has 4 heteroatoms. The first-order valence-corrected chi connectivity index (χ1v) is 7.94. The van der Waals surface area contributed by atoms with Crippen LogP contribution < -0.4 is 14.8 Å². The van der Waals surface area contributed by atoms with Gasteiger partial charge < -0.3 is 19.9 Å². The highest BCUT2D eigenvalue weighted by molar-refractivity contribution is 5.49. The van der Waals surface area contributed by atoms with Gasteiger partial charge in [-0.15, -0.1) is 0 Å². The average Bonchev–Trinajstić information content (AvgIpc) is 2.61. The predicted octanol–water partition coefficient (Wildman–Crippen LogP) is 3.01. The number of hydrogen-bond acceptors (Lipinski definition) is 4. The van der Waals surface area contributed by atoms with E-state index >= 15 is 0 Å². The second-order valence-corrected chi connectivity index (χ2v) is 5.82. The molecule has 2 N–H and O–H groups in total. The van der Waals surface area contributed by atoms with Gasteiger partial charge in [-0.2, -0.15) is 0 Å². The van der Waals surface area contributed by atoms with Gasteiger partial charge >= 0.3 is 0 Å². The topological polar surface area (TPSA) is 50.7 Å². The Bertz CT molecular complexity index is 657. The van der Waals surface area contributed by atoms with Crippen molar-refractivity contribution in [2.24, 2.45) is 0 Å². The normalized spacial score (nSPS) is 18.1. The monoisotopic (exact) mass is 313 g/mol. The van der Waals surface area contributed by atoms with Gasteiger partial charge in [0.25, 0.3) is 0 Å². The fourth-order valence-corrected chi connectivity index (χ4v) is 3.21. The summed E-state index contributed by atoms with van der Waals surface area (Å²) in [7, 11) is 3.30. The number of benzene rings is 2. The highest BCUT2D eigenvalue weighted by atomic mass is 16.5. The molecule has 0 saturated heterocycles. The van der Waals surface area contributed by atoms with Gasteiger partial charge in [-0.1, -0.05) is 30.3 Å². The van der Waals surface area contributed by atoms with Crippen LogP contribution in [0.2, 0.25) is 0 Å². The Morgan fingerprint density at radius 1 is 1.13 bits per heavy atom. The largest absolute Gasteiger partial charge is 0.493 e. The van der Waals surface area contributed by atoms with E-state index in [-0.39, 0.29) is 6.04 Å². The summed E-state index contributed by atoms with van der Waals surface area (Å²) in [5, 5.41) is 14.0. The van der Waals surface area contributed by atoms with E-state index in [4.69, 9.17) is 9.47 Å². The molecule has 0 amide bonds. The number of fused-ring (bicyclic) bond motifs is 1. The van der Waals surface area contributed by atoms with Crippen molar-refractivity contribution in [3.63, 3.8) is 0 Å². The third-order valence-corrected chi connectivity index (χ3v) is 4.45. The van der Waals surface area contributed by atoms with Gasteiger partial charge in [0.1, 0.15) is 0 Å². The Labute approximate surface area is 137 Å². The molecule has 4 nitrogen and oxygen atoms in total. The van der Waals surface area contributed by atoms with E-state index < -0.39 is 6.10 Å². The Hall–Kier alpha value is -2.04. The van der Waals surface area contributed by atoms with Gasteiger partial charge in [-0.3, -0.25) is 0 Å². The summed E-state index contributed by atoms with van der Waals surface area (Å²) in [5.41, 5.74) is 3.39. The maximum absolute atomic E-state index is 10.5. The molecule has 23 heavy (non-hydrogen) atoms. The Kier molecular flexibility index (Phi) is 4.84. The van der Waals surface area contributed by atoms with Gasteiger partial charge in [-0.25, -0.2) is 0 Å². The van der Waals surface area contributed by atoms with Crippen LogP contribution in [-0.2, 0) is 6.42 Å². The Morgan fingerprint density at radius 3 is 2.52 bits per heavy atom. The summed E-state index contributed by atoms with van der Waals surface area (Å²) in [5.74, 6) is 1.49. The second-order valence-electron chi connectivity index (χ2n) is 5.82. The van der Waals surface area contributed by atoms with Crippen molar-refractivity contribution >= 4 is 0 Å². The van der Waals surface area contributed by atoms with Gasteiger partial charge in [0.05, 0.1) is 20.3 Å². The van der Waals surface area contributed by atoms with Crippen molar-refractivity contribution in [2.45, 2.75) is 25.0 Å². The third kappa shape index (κ3) is 3.33. The molecule has 1 aliphatic heterocycles. The van der Waals surface area contributed by atoms with E-state index in [9.17, 15) is 5.11 Å². The lowest BCUT2D eigenvalue weighted by Gasteiger charge is -2.29. The van der Waals surface area contributed by atoms with Gasteiger partial charge in [0.15, 0.2) is 11.5 Å². The van der Waals surface area contributed by atoms with Gasteiger partial charge in [-0.05, 0) is 48.2 Å². The molecule has 0 saturated carbocycles. The van der Waals surface area contributed by atoms with Crippen molar-refractivity contribution in [1.82, 2.24) is 5.32 Å². The van der Waals surface area contributed by atoms with Crippen LogP contribution in [0.4, 0.5) is 0 Å². The van der Waals surface area contributed by atoms with E-state index in [1.54, 1.807) is 14.2 Å². The van der Waals surface area contributed by atoms with Crippen LogP contribution in [0, 0.1) is 0 Å². The van der Waals surface area contributed by atoms with Crippen molar-refractivity contribution < 1.29 is 14.6 Å². The first-order valence-electron chi connectivity index (χ1n) is 7.94. The van der Waals surface area contributed by atoms with Gasteiger partial charge in [0.2, 0.25) is 0 Å². The molecule has 0 aliphatic carbocycles. The van der Waals surface area contributed by atoms with E-state index in [0.717, 1.165) is 30.0 Å². The average molecular weight is 313 g/mol. The number of aliphatic hydroxyl groups excluding tert-OH is 1. The van der Waals surface area contributed by atoms with Crippen LogP contribution in [0.25, 0.3) is 0 Å². The molecule has 0 unspecified atom stereocenters. The first-order chi connectivity index (χ1) is 11.2. The molecular weight excluding hydrogens is 290 g/mol. The van der Waals surface area contributed by atoms with E-state index in [1.165, 1.54) is 11.1 Å². The van der Waals surface area contributed by atoms with Crippen molar-refractivity contribution in [2.75, 3.05) is 20.8 Å². The van der Waals surface area contributed by atoms with Crippen LogP contribution >= 0.6 is 0 Å². The van der Waals surface area contributed by atoms with E-state index in [0.29, 0.717) is 6.42 Å². The van der Waals surface area contributed by atoms with E-state index in [2.05, 4.69) is 11.4 Å². The third-order valence-electron chi connectivity index (χ3n) is 4.45. The zero-order valence-corrected chi connectivity index (χ0v) is 13.6. The van der Waals surface area contributed by atoms with Crippen LogP contribution in [0.1, 0.15) is 35.3 Å². The fourth-order valence-electron chi connectivity index (χ4n) is 3.21. The number of nitrogens with one attached hydrogen (secondary N) is 1. The first kappa shape index (κ1) is 15.8.